The van der Waals surface area contributed by atoms with Crippen LogP contribution in [0.4, 0.5) is 0 Å². The summed E-state index contributed by atoms with van der Waals surface area (Å²) in [6.45, 7) is 4.99. The number of nitrogens with zero attached hydrogens (tertiary/aromatic N) is 1. The molecule has 1 aromatic heterocycles. The number of carbonyl (C=O) groups excluding carboxylic acids is 1. The summed E-state index contributed by atoms with van der Waals surface area (Å²) >= 11 is 0. The monoisotopic (exact) mass is 497 g/mol. The van der Waals surface area contributed by atoms with Gasteiger partial charge in [0.1, 0.15) is 0 Å². The number of aryl methyl sites for hydroxylation is 2. The van der Waals surface area contributed by atoms with Gasteiger partial charge in [-0.25, -0.2) is 0 Å². The van der Waals surface area contributed by atoms with E-state index in [0.29, 0.717) is 25.6 Å². The summed E-state index contributed by atoms with van der Waals surface area (Å²) in [5.74, 6) is 0.513. The lowest BCUT2D eigenvalue weighted by molar-refractivity contribution is -0.0970. The van der Waals surface area contributed by atoms with E-state index in [1.165, 1.54) is 16.7 Å². The fourth-order valence-electron chi connectivity index (χ4n) is 6.84. The Hall–Kier alpha value is -2.82. The highest BCUT2D eigenvalue weighted by atomic mass is 16.5. The molecular formula is C33H39NO3. The van der Waals surface area contributed by atoms with Gasteiger partial charge in [-0.05, 0) is 99.1 Å². The fraction of sp³-hybridized carbons (Fsp3) is 0.455. The lowest BCUT2D eigenvalue weighted by Gasteiger charge is -2.50. The molecule has 37 heavy (non-hydrogen) atoms. The Bertz CT molecular complexity index is 1240. The number of aromatic nitrogens is 1. The molecular weight excluding hydrogens is 458 g/mol. The average molecular weight is 498 g/mol. The number of ether oxygens (including phenoxy) is 1. The second-order valence-corrected chi connectivity index (χ2v) is 11.2. The van der Waals surface area contributed by atoms with Gasteiger partial charge < -0.3 is 9.84 Å². The Morgan fingerprint density at radius 1 is 1.11 bits per heavy atom. The van der Waals surface area contributed by atoms with Crippen LogP contribution >= 0.6 is 0 Å². The summed E-state index contributed by atoms with van der Waals surface area (Å²) in [6, 6.07) is 21.1. The minimum absolute atomic E-state index is 0.0485. The summed E-state index contributed by atoms with van der Waals surface area (Å²) in [5.41, 5.74) is 5.91. The fourth-order valence-corrected chi connectivity index (χ4v) is 6.84. The first-order valence-corrected chi connectivity index (χ1v) is 13.8. The maximum atomic E-state index is 13.3. The van der Waals surface area contributed by atoms with E-state index in [1.807, 2.05) is 32.0 Å². The Morgan fingerprint density at radius 3 is 2.73 bits per heavy atom. The molecule has 2 aromatic carbocycles. The maximum absolute atomic E-state index is 13.3. The minimum Gasteiger partial charge on any atom is -0.387 e. The highest BCUT2D eigenvalue weighted by molar-refractivity contribution is 5.97. The van der Waals surface area contributed by atoms with Crippen LogP contribution in [-0.4, -0.2) is 34.7 Å². The SMILES string of the molecule is CCOC[C@@]1(O)CC[C@@]2(Cc3ccccc3)c3ccc(C(=O)Cc4cccnc4C)cc3CCC[C@H]2C1. The van der Waals surface area contributed by atoms with Crippen LogP contribution in [0.3, 0.4) is 0 Å². The Balaban J connectivity index is 1.50. The van der Waals surface area contributed by atoms with Crippen molar-refractivity contribution in [3.8, 4) is 0 Å². The first-order chi connectivity index (χ1) is 17.9. The van der Waals surface area contributed by atoms with Gasteiger partial charge in [0, 0.05) is 35.9 Å². The Labute approximate surface area is 221 Å². The van der Waals surface area contributed by atoms with Crippen LogP contribution < -0.4 is 0 Å². The van der Waals surface area contributed by atoms with Crippen LogP contribution in [0.2, 0.25) is 0 Å². The molecule has 4 nitrogen and oxygen atoms in total. The van der Waals surface area contributed by atoms with Gasteiger partial charge in [-0.1, -0.05) is 48.5 Å². The van der Waals surface area contributed by atoms with Crippen molar-refractivity contribution in [1.29, 1.82) is 0 Å². The molecule has 1 saturated carbocycles. The quantitative estimate of drug-likeness (QED) is 0.377. The molecule has 1 heterocycles. The number of ketones is 1. The van der Waals surface area contributed by atoms with Crippen LogP contribution in [-0.2, 0) is 29.4 Å². The van der Waals surface area contributed by atoms with Gasteiger partial charge in [0.25, 0.3) is 0 Å². The van der Waals surface area contributed by atoms with Gasteiger partial charge >= 0.3 is 0 Å². The van der Waals surface area contributed by atoms with E-state index in [9.17, 15) is 9.90 Å². The molecule has 0 radical (unpaired) electrons. The van der Waals surface area contributed by atoms with Crippen molar-refractivity contribution in [2.24, 2.45) is 5.92 Å². The summed E-state index contributed by atoms with van der Waals surface area (Å²) in [5, 5.41) is 11.5. The normalized spacial score (nSPS) is 25.1. The maximum Gasteiger partial charge on any atom is 0.167 e. The van der Waals surface area contributed by atoms with Crippen LogP contribution in [0.1, 0.15) is 77.3 Å². The van der Waals surface area contributed by atoms with Gasteiger partial charge in [0.2, 0.25) is 0 Å². The van der Waals surface area contributed by atoms with E-state index in [-0.39, 0.29) is 11.2 Å². The van der Waals surface area contributed by atoms with Crippen molar-refractivity contribution in [2.45, 2.75) is 76.2 Å². The molecule has 1 fully saturated rings. The molecule has 194 valence electrons. The number of aliphatic hydroxyl groups is 1. The minimum atomic E-state index is -0.761. The van der Waals surface area contributed by atoms with Crippen molar-refractivity contribution in [2.75, 3.05) is 13.2 Å². The molecule has 3 atom stereocenters. The van der Waals surface area contributed by atoms with Crippen molar-refractivity contribution in [3.63, 3.8) is 0 Å². The molecule has 2 aliphatic rings. The third-order valence-electron chi connectivity index (χ3n) is 8.81. The molecule has 0 aliphatic heterocycles. The number of carbonyl (C=O) groups is 1. The Morgan fingerprint density at radius 2 is 1.95 bits per heavy atom. The van der Waals surface area contributed by atoms with E-state index >= 15 is 0 Å². The lowest BCUT2D eigenvalue weighted by atomic mass is 9.56. The predicted molar refractivity (Wildman–Crippen MR) is 147 cm³/mol. The van der Waals surface area contributed by atoms with Crippen LogP contribution in [0.25, 0.3) is 0 Å². The molecule has 0 bridgehead atoms. The highest BCUT2D eigenvalue weighted by Gasteiger charge is 2.50. The van der Waals surface area contributed by atoms with E-state index in [1.54, 1.807) is 6.20 Å². The molecule has 2 aliphatic carbocycles. The van der Waals surface area contributed by atoms with Crippen molar-refractivity contribution < 1.29 is 14.6 Å². The zero-order valence-electron chi connectivity index (χ0n) is 22.2. The lowest BCUT2D eigenvalue weighted by Crippen LogP contribution is -2.51. The smallest absolute Gasteiger partial charge is 0.167 e. The molecule has 0 amide bonds. The number of Topliss-reactive ketones (excluding diaryl/α,β-unsaturated/α-hetero) is 1. The Kier molecular flexibility index (Phi) is 7.60. The van der Waals surface area contributed by atoms with E-state index in [4.69, 9.17) is 4.74 Å². The first kappa shape index (κ1) is 25.8. The average Bonchev–Trinajstić information content (AvgIpc) is 3.05. The third kappa shape index (κ3) is 5.42. The predicted octanol–water partition coefficient (Wildman–Crippen LogP) is 6.20. The second-order valence-electron chi connectivity index (χ2n) is 11.2. The highest BCUT2D eigenvalue weighted by Crippen LogP contribution is 2.53. The zero-order valence-corrected chi connectivity index (χ0v) is 22.2. The standard InChI is InChI=1S/C33H39NO3/c1-3-37-23-32(36)16-17-33(21-25-9-5-4-6-10-25)29(22-32)13-7-11-27-19-28(14-15-30(27)33)31(35)20-26-12-8-18-34-24(26)2/h4-6,8-10,12,14-15,18-19,29,36H,3,7,11,13,16-17,20-23H2,1-2H3/t29-,32+,33-/m0/s1. The van der Waals surface area contributed by atoms with Gasteiger partial charge in [-0.15, -0.1) is 0 Å². The van der Waals surface area contributed by atoms with Crippen LogP contribution in [0.15, 0.2) is 66.9 Å². The number of fused-ring (bicyclic) bond motifs is 3. The van der Waals surface area contributed by atoms with Gasteiger partial charge in [0.15, 0.2) is 5.78 Å². The summed E-state index contributed by atoms with van der Waals surface area (Å²) in [7, 11) is 0. The first-order valence-electron chi connectivity index (χ1n) is 13.8. The molecule has 4 heteroatoms. The number of hydrogen-bond donors (Lipinski definition) is 1. The molecule has 1 N–H and O–H groups in total. The van der Waals surface area contributed by atoms with Gasteiger partial charge in [-0.3, -0.25) is 9.78 Å². The molecule has 0 spiro atoms. The van der Waals surface area contributed by atoms with Crippen molar-refractivity contribution in [3.05, 3.63) is 100 Å². The molecule has 3 aromatic rings. The summed E-state index contributed by atoms with van der Waals surface area (Å²) < 4.78 is 5.71. The molecule has 5 rings (SSSR count). The topological polar surface area (TPSA) is 59.4 Å². The third-order valence-corrected chi connectivity index (χ3v) is 8.81. The zero-order chi connectivity index (χ0) is 25.9. The van der Waals surface area contributed by atoms with Crippen LogP contribution in [0.5, 0.6) is 0 Å². The van der Waals surface area contributed by atoms with Gasteiger partial charge in [-0.2, -0.15) is 0 Å². The van der Waals surface area contributed by atoms with E-state index in [0.717, 1.165) is 61.8 Å². The molecule has 0 saturated heterocycles. The van der Waals surface area contributed by atoms with Crippen molar-refractivity contribution >= 4 is 5.78 Å². The summed E-state index contributed by atoms with van der Waals surface area (Å²) in [6.07, 6.45) is 8.64. The molecule has 0 unspecified atom stereocenters. The second kappa shape index (κ2) is 10.9. The van der Waals surface area contributed by atoms with Crippen LogP contribution in [0, 0.1) is 12.8 Å². The number of benzene rings is 2. The van der Waals surface area contributed by atoms with E-state index in [2.05, 4.69) is 47.4 Å². The number of hydrogen-bond acceptors (Lipinski definition) is 4. The van der Waals surface area contributed by atoms with Crippen molar-refractivity contribution in [1.82, 2.24) is 4.98 Å². The van der Waals surface area contributed by atoms with Gasteiger partial charge in [0.05, 0.1) is 12.2 Å². The van der Waals surface area contributed by atoms with E-state index < -0.39 is 5.60 Å². The number of pyridine rings is 1. The largest absolute Gasteiger partial charge is 0.387 e. The summed E-state index contributed by atoms with van der Waals surface area (Å²) in [4.78, 5) is 17.7. The number of rotatable bonds is 8.